The number of carboxylic acids is 1. The van der Waals surface area contributed by atoms with Gasteiger partial charge in [0.1, 0.15) is 18.2 Å². The fraction of sp³-hybridized carbons (Fsp3) is 0.0800. The SMILES string of the molecule is COc1cc(C=C(C#N)C(=O)Nc2ccccc2)c(Br)cc1OCc1ccc(C(=O)[O-])cc1. The van der Waals surface area contributed by atoms with Gasteiger partial charge in [0.2, 0.25) is 0 Å². The lowest BCUT2D eigenvalue weighted by Crippen LogP contribution is -2.22. The molecule has 0 aliphatic rings. The first kappa shape index (κ1) is 23.6. The fourth-order valence-corrected chi connectivity index (χ4v) is 3.29. The molecular weight excluding hydrogens is 488 g/mol. The Morgan fingerprint density at radius 2 is 1.79 bits per heavy atom. The molecule has 0 aliphatic heterocycles. The summed E-state index contributed by atoms with van der Waals surface area (Å²) < 4.78 is 11.8. The number of hydrogen-bond acceptors (Lipinski definition) is 6. The van der Waals surface area contributed by atoms with Crippen molar-refractivity contribution in [2.75, 3.05) is 12.4 Å². The van der Waals surface area contributed by atoms with Gasteiger partial charge in [0, 0.05) is 10.2 Å². The molecule has 0 atom stereocenters. The van der Waals surface area contributed by atoms with Crippen molar-refractivity contribution >= 4 is 39.6 Å². The van der Waals surface area contributed by atoms with Crippen LogP contribution in [0.5, 0.6) is 11.5 Å². The van der Waals surface area contributed by atoms with Gasteiger partial charge in [0.15, 0.2) is 11.5 Å². The molecule has 0 spiro atoms. The number of nitrogens with one attached hydrogen (secondary N) is 1. The number of aromatic carboxylic acids is 1. The third-order valence-electron chi connectivity index (χ3n) is 4.56. The lowest BCUT2D eigenvalue weighted by atomic mass is 10.1. The van der Waals surface area contributed by atoms with Crippen LogP contribution in [-0.2, 0) is 11.4 Å². The number of rotatable bonds is 8. The summed E-state index contributed by atoms with van der Waals surface area (Å²) in [7, 11) is 1.48. The van der Waals surface area contributed by atoms with E-state index in [2.05, 4.69) is 21.2 Å². The Morgan fingerprint density at radius 3 is 2.39 bits per heavy atom. The van der Waals surface area contributed by atoms with Gasteiger partial charge in [-0.25, -0.2) is 0 Å². The Kier molecular flexibility index (Phi) is 7.84. The highest BCUT2D eigenvalue weighted by molar-refractivity contribution is 9.10. The second-order valence-corrected chi connectivity index (χ2v) is 7.64. The van der Waals surface area contributed by atoms with Crippen molar-refractivity contribution in [3.05, 3.63) is 93.5 Å². The summed E-state index contributed by atoms with van der Waals surface area (Å²) in [4.78, 5) is 23.4. The molecule has 0 aromatic heterocycles. The number of carbonyl (C=O) groups excluding carboxylic acids is 2. The molecule has 166 valence electrons. The van der Waals surface area contributed by atoms with Crippen LogP contribution in [0.3, 0.4) is 0 Å². The quantitative estimate of drug-likeness (QED) is 0.366. The molecule has 0 unspecified atom stereocenters. The molecule has 33 heavy (non-hydrogen) atoms. The van der Waals surface area contributed by atoms with Crippen LogP contribution in [0.4, 0.5) is 5.69 Å². The average Bonchev–Trinajstić information content (AvgIpc) is 2.82. The topological polar surface area (TPSA) is 111 Å². The number of ether oxygens (including phenoxy) is 2. The highest BCUT2D eigenvalue weighted by Crippen LogP contribution is 2.35. The summed E-state index contributed by atoms with van der Waals surface area (Å²) in [6, 6.07) is 20.2. The van der Waals surface area contributed by atoms with E-state index >= 15 is 0 Å². The molecule has 1 N–H and O–H groups in total. The first-order valence-corrected chi connectivity index (χ1v) is 10.5. The number of nitriles is 1. The first-order chi connectivity index (χ1) is 15.9. The van der Waals surface area contributed by atoms with Crippen LogP contribution in [0.1, 0.15) is 21.5 Å². The zero-order valence-electron chi connectivity index (χ0n) is 17.5. The van der Waals surface area contributed by atoms with Crippen LogP contribution >= 0.6 is 15.9 Å². The van der Waals surface area contributed by atoms with Crippen molar-refractivity contribution in [2.45, 2.75) is 6.61 Å². The number of carbonyl (C=O) groups is 2. The molecule has 0 saturated carbocycles. The Labute approximate surface area is 199 Å². The first-order valence-electron chi connectivity index (χ1n) is 9.70. The molecular formula is C25H18BrN2O5-. The van der Waals surface area contributed by atoms with Crippen LogP contribution in [-0.4, -0.2) is 19.0 Å². The highest BCUT2D eigenvalue weighted by Gasteiger charge is 2.14. The van der Waals surface area contributed by atoms with Crippen LogP contribution in [0.25, 0.3) is 6.08 Å². The maximum atomic E-state index is 12.5. The van der Waals surface area contributed by atoms with Gasteiger partial charge < -0.3 is 24.7 Å². The number of nitrogens with zero attached hydrogens (tertiary/aromatic N) is 1. The molecule has 0 bridgehead atoms. The van der Waals surface area contributed by atoms with E-state index in [-0.39, 0.29) is 17.7 Å². The minimum absolute atomic E-state index is 0.0803. The molecule has 0 radical (unpaired) electrons. The van der Waals surface area contributed by atoms with Crippen molar-refractivity contribution in [1.82, 2.24) is 0 Å². The molecule has 8 heteroatoms. The number of anilines is 1. The summed E-state index contributed by atoms with van der Waals surface area (Å²) in [5.74, 6) is -0.949. The highest BCUT2D eigenvalue weighted by atomic mass is 79.9. The van der Waals surface area contributed by atoms with Crippen LogP contribution < -0.4 is 19.9 Å². The van der Waals surface area contributed by atoms with Gasteiger partial charge in [-0.05, 0) is 47.0 Å². The largest absolute Gasteiger partial charge is 0.545 e. The lowest BCUT2D eigenvalue weighted by molar-refractivity contribution is -0.255. The molecule has 0 aliphatic carbocycles. The second-order valence-electron chi connectivity index (χ2n) is 6.79. The zero-order chi connectivity index (χ0) is 23.8. The Balaban J connectivity index is 1.79. The Morgan fingerprint density at radius 1 is 1.09 bits per heavy atom. The normalized spacial score (nSPS) is 10.8. The van der Waals surface area contributed by atoms with Gasteiger partial charge in [0.05, 0.1) is 13.1 Å². The van der Waals surface area contributed by atoms with E-state index in [4.69, 9.17) is 9.47 Å². The number of amides is 1. The number of methoxy groups -OCH3 is 1. The Bertz CT molecular complexity index is 1230. The molecule has 0 fully saturated rings. The molecule has 3 aromatic carbocycles. The smallest absolute Gasteiger partial charge is 0.266 e. The lowest BCUT2D eigenvalue weighted by Gasteiger charge is -2.13. The average molecular weight is 506 g/mol. The number of para-hydroxylation sites is 1. The summed E-state index contributed by atoms with van der Waals surface area (Å²) in [5.41, 5.74) is 1.89. The van der Waals surface area contributed by atoms with Crippen molar-refractivity contribution in [2.24, 2.45) is 0 Å². The Hall–Kier alpha value is -4.09. The van der Waals surface area contributed by atoms with Crippen molar-refractivity contribution in [3.8, 4) is 17.6 Å². The summed E-state index contributed by atoms with van der Waals surface area (Å²) in [6.45, 7) is 0.175. The van der Waals surface area contributed by atoms with E-state index in [1.165, 1.54) is 25.3 Å². The van der Waals surface area contributed by atoms with Crippen LogP contribution in [0.2, 0.25) is 0 Å². The van der Waals surface area contributed by atoms with Gasteiger partial charge in [-0.1, -0.05) is 58.4 Å². The van der Waals surface area contributed by atoms with E-state index in [1.54, 1.807) is 48.5 Å². The van der Waals surface area contributed by atoms with E-state index < -0.39 is 11.9 Å². The summed E-state index contributed by atoms with van der Waals surface area (Å²) in [6.07, 6.45) is 1.45. The van der Waals surface area contributed by atoms with Gasteiger partial charge in [-0.15, -0.1) is 0 Å². The third-order valence-corrected chi connectivity index (χ3v) is 5.25. The summed E-state index contributed by atoms with van der Waals surface area (Å²) >= 11 is 3.44. The molecule has 7 nitrogen and oxygen atoms in total. The number of carboxylic acid groups (broad SMARTS) is 1. The van der Waals surface area contributed by atoms with E-state index in [9.17, 15) is 20.0 Å². The number of benzene rings is 3. The monoisotopic (exact) mass is 505 g/mol. The molecule has 3 rings (SSSR count). The minimum atomic E-state index is -1.24. The summed E-state index contributed by atoms with van der Waals surface area (Å²) in [5, 5.41) is 23.0. The van der Waals surface area contributed by atoms with E-state index in [0.717, 1.165) is 5.56 Å². The van der Waals surface area contributed by atoms with Crippen LogP contribution in [0, 0.1) is 11.3 Å². The van der Waals surface area contributed by atoms with Crippen molar-refractivity contribution in [1.29, 1.82) is 5.26 Å². The fourth-order valence-electron chi connectivity index (χ4n) is 2.86. The molecule has 0 heterocycles. The molecule has 3 aromatic rings. The zero-order valence-corrected chi connectivity index (χ0v) is 19.1. The van der Waals surface area contributed by atoms with E-state index in [1.807, 2.05) is 12.1 Å². The number of hydrogen-bond donors (Lipinski definition) is 1. The predicted molar refractivity (Wildman–Crippen MR) is 124 cm³/mol. The van der Waals surface area contributed by atoms with Crippen molar-refractivity contribution in [3.63, 3.8) is 0 Å². The van der Waals surface area contributed by atoms with Gasteiger partial charge >= 0.3 is 0 Å². The van der Waals surface area contributed by atoms with Crippen LogP contribution in [0.15, 0.2) is 76.8 Å². The van der Waals surface area contributed by atoms with Gasteiger partial charge in [-0.3, -0.25) is 4.79 Å². The molecule has 1 amide bonds. The van der Waals surface area contributed by atoms with E-state index in [0.29, 0.717) is 27.2 Å². The van der Waals surface area contributed by atoms with Crippen molar-refractivity contribution < 1.29 is 24.2 Å². The van der Waals surface area contributed by atoms with Gasteiger partial charge in [0.25, 0.3) is 5.91 Å². The third kappa shape index (κ3) is 6.21. The predicted octanol–water partition coefficient (Wildman–Crippen LogP) is 3.95. The number of halogens is 1. The maximum Gasteiger partial charge on any atom is 0.266 e. The minimum Gasteiger partial charge on any atom is -0.545 e. The van der Waals surface area contributed by atoms with Gasteiger partial charge in [-0.2, -0.15) is 5.26 Å². The maximum absolute atomic E-state index is 12.5. The second kappa shape index (κ2) is 11.0. The standard InChI is InChI=1S/C25H19BrN2O5/c1-32-22-12-18(11-19(14-27)24(29)28-20-5-3-2-4-6-20)21(26)13-23(22)33-15-16-7-9-17(10-8-16)25(30)31/h2-13H,15H2,1H3,(H,28,29)(H,30,31)/p-1. The molecule has 0 saturated heterocycles.